The highest BCUT2D eigenvalue weighted by molar-refractivity contribution is 7.99. The number of hydrogen-bond acceptors (Lipinski definition) is 4. The van der Waals surface area contributed by atoms with Crippen LogP contribution in [-0.2, 0) is 6.54 Å². The van der Waals surface area contributed by atoms with E-state index in [9.17, 15) is 0 Å². The number of nitrogens with two attached hydrogens (primary N) is 1. The Balaban J connectivity index is 1.97. The van der Waals surface area contributed by atoms with Crippen molar-refractivity contribution in [3.05, 3.63) is 18.0 Å². The maximum absolute atomic E-state index is 5.57. The molecular weight excluding hydrogens is 218 g/mol. The van der Waals surface area contributed by atoms with Crippen LogP contribution in [0.2, 0.25) is 0 Å². The van der Waals surface area contributed by atoms with E-state index in [0.717, 1.165) is 16.8 Å². The minimum Gasteiger partial charge on any atom is -0.325 e. The zero-order valence-corrected chi connectivity index (χ0v) is 10.5. The molecule has 2 rings (SSSR count). The van der Waals surface area contributed by atoms with E-state index in [-0.39, 0.29) is 0 Å². The van der Waals surface area contributed by atoms with Crippen molar-refractivity contribution < 1.29 is 0 Å². The molecule has 3 nitrogen and oxygen atoms in total. The highest BCUT2D eigenvalue weighted by atomic mass is 32.2. The SMILES string of the molecule is CC1CCCC(Sc2nccc(CN)n2)C1. The van der Waals surface area contributed by atoms with Crippen molar-refractivity contribution in [2.45, 2.75) is 49.6 Å². The summed E-state index contributed by atoms with van der Waals surface area (Å²) in [6.07, 6.45) is 7.12. The molecule has 2 unspecified atom stereocenters. The molecule has 1 aromatic heterocycles. The fraction of sp³-hybridized carbons (Fsp3) is 0.667. The van der Waals surface area contributed by atoms with Crippen molar-refractivity contribution in [2.75, 3.05) is 0 Å². The smallest absolute Gasteiger partial charge is 0.188 e. The molecule has 0 aliphatic heterocycles. The molecule has 1 saturated carbocycles. The standard InChI is InChI=1S/C12H19N3S/c1-9-3-2-4-11(7-9)16-12-14-6-5-10(8-13)15-12/h5-6,9,11H,2-4,7-8,13H2,1H3. The van der Waals surface area contributed by atoms with Crippen LogP contribution in [0.3, 0.4) is 0 Å². The van der Waals surface area contributed by atoms with Gasteiger partial charge in [0.1, 0.15) is 0 Å². The van der Waals surface area contributed by atoms with Crippen molar-refractivity contribution in [1.29, 1.82) is 0 Å². The first-order valence-electron chi connectivity index (χ1n) is 5.96. The molecule has 1 fully saturated rings. The first-order valence-corrected chi connectivity index (χ1v) is 6.84. The summed E-state index contributed by atoms with van der Waals surface area (Å²) in [5.74, 6) is 0.851. The van der Waals surface area contributed by atoms with Crippen molar-refractivity contribution in [2.24, 2.45) is 11.7 Å². The van der Waals surface area contributed by atoms with Gasteiger partial charge in [0.15, 0.2) is 5.16 Å². The van der Waals surface area contributed by atoms with Crippen molar-refractivity contribution >= 4 is 11.8 Å². The van der Waals surface area contributed by atoms with Crippen LogP contribution >= 0.6 is 11.8 Å². The summed E-state index contributed by atoms with van der Waals surface area (Å²) in [6.45, 7) is 2.83. The summed E-state index contributed by atoms with van der Waals surface area (Å²) >= 11 is 1.82. The summed E-state index contributed by atoms with van der Waals surface area (Å²) in [7, 11) is 0. The van der Waals surface area contributed by atoms with E-state index in [4.69, 9.17) is 5.73 Å². The predicted molar refractivity (Wildman–Crippen MR) is 67.2 cm³/mol. The molecule has 1 aromatic rings. The van der Waals surface area contributed by atoms with E-state index in [0.29, 0.717) is 11.8 Å². The highest BCUT2D eigenvalue weighted by Crippen LogP contribution is 2.34. The normalized spacial score (nSPS) is 25.6. The quantitative estimate of drug-likeness (QED) is 0.821. The molecule has 2 atom stereocenters. The molecule has 0 amide bonds. The molecule has 1 heterocycles. The van der Waals surface area contributed by atoms with Gasteiger partial charge in [-0.1, -0.05) is 31.5 Å². The van der Waals surface area contributed by atoms with Gasteiger partial charge in [0.2, 0.25) is 0 Å². The van der Waals surface area contributed by atoms with Crippen LogP contribution in [0, 0.1) is 5.92 Å². The molecule has 1 aliphatic rings. The van der Waals surface area contributed by atoms with Gasteiger partial charge >= 0.3 is 0 Å². The minimum atomic E-state index is 0.497. The minimum absolute atomic E-state index is 0.497. The van der Waals surface area contributed by atoms with Crippen LogP contribution in [-0.4, -0.2) is 15.2 Å². The highest BCUT2D eigenvalue weighted by Gasteiger charge is 2.20. The zero-order valence-electron chi connectivity index (χ0n) is 9.72. The average Bonchev–Trinajstić information content (AvgIpc) is 2.29. The Morgan fingerprint density at radius 1 is 1.50 bits per heavy atom. The predicted octanol–water partition coefficient (Wildman–Crippen LogP) is 2.61. The van der Waals surface area contributed by atoms with E-state index >= 15 is 0 Å². The Bertz CT molecular complexity index is 343. The Hall–Kier alpha value is -0.610. The Morgan fingerprint density at radius 3 is 3.12 bits per heavy atom. The lowest BCUT2D eigenvalue weighted by molar-refractivity contribution is 0.394. The van der Waals surface area contributed by atoms with Crippen molar-refractivity contribution in [3.8, 4) is 0 Å². The van der Waals surface area contributed by atoms with E-state index in [1.165, 1.54) is 25.7 Å². The average molecular weight is 237 g/mol. The van der Waals surface area contributed by atoms with Crippen LogP contribution in [0.1, 0.15) is 38.3 Å². The maximum atomic E-state index is 5.57. The monoisotopic (exact) mass is 237 g/mol. The number of nitrogens with zero attached hydrogens (tertiary/aromatic N) is 2. The molecule has 1 aliphatic carbocycles. The van der Waals surface area contributed by atoms with E-state index in [1.54, 1.807) is 0 Å². The van der Waals surface area contributed by atoms with Crippen LogP contribution in [0.5, 0.6) is 0 Å². The number of thioether (sulfide) groups is 1. The maximum Gasteiger partial charge on any atom is 0.188 e. The van der Waals surface area contributed by atoms with E-state index < -0.39 is 0 Å². The van der Waals surface area contributed by atoms with Crippen LogP contribution in [0.4, 0.5) is 0 Å². The summed E-state index contributed by atoms with van der Waals surface area (Å²) in [5.41, 5.74) is 6.51. The van der Waals surface area contributed by atoms with Gasteiger partial charge in [-0.05, 0) is 24.8 Å². The van der Waals surface area contributed by atoms with E-state index in [2.05, 4.69) is 16.9 Å². The Kier molecular flexibility index (Phi) is 4.18. The molecule has 2 N–H and O–H groups in total. The van der Waals surface area contributed by atoms with Crippen molar-refractivity contribution in [1.82, 2.24) is 9.97 Å². The van der Waals surface area contributed by atoms with Crippen LogP contribution in [0.15, 0.2) is 17.4 Å². The second-order valence-corrected chi connectivity index (χ2v) is 5.81. The van der Waals surface area contributed by atoms with Crippen LogP contribution in [0.25, 0.3) is 0 Å². The molecule has 16 heavy (non-hydrogen) atoms. The molecule has 88 valence electrons. The summed E-state index contributed by atoms with van der Waals surface area (Å²) in [6, 6.07) is 1.88. The summed E-state index contributed by atoms with van der Waals surface area (Å²) < 4.78 is 0. The fourth-order valence-corrected chi connectivity index (χ4v) is 3.48. The molecule has 0 saturated heterocycles. The number of hydrogen-bond donors (Lipinski definition) is 1. The van der Waals surface area contributed by atoms with Gasteiger partial charge in [-0.2, -0.15) is 0 Å². The third-order valence-corrected chi connectivity index (χ3v) is 4.23. The number of rotatable bonds is 3. The lowest BCUT2D eigenvalue weighted by Gasteiger charge is -2.25. The molecule has 0 spiro atoms. The first-order chi connectivity index (χ1) is 7.78. The largest absolute Gasteiger partial charge is 0.325 e. The molecule has 0 aromatic carbocycles. The second-order valence-electron chi connectivity index (χ2n) is 4.55. The van der Waals surface area contributed by atoms with Gasteiger partial charge in [0, 0.05) is 18.0 Å². The van der Waals surface area contributed by atoms with Gasteiger partial charge in [-0.3, -0.25) is 0 Å². The van der Waals surface area contributed by atoms with Gasteiger partial charge in [0.25, 0.3) is 0 Å². The van der Waals surface area contributed by atoms with Crippen molar-refractivity contribution in [3.63, 3.8) is 0 Å². The lowest BCUT2D eigenvalue weighted by atomic mass is 9.91. The second kappa shape index (κ2) is 5.64. The van der Waals surface area contributed by atoms with Gasteiger partial charge in [-0.15, -0.1) is 0 Å². The van der Waals surface area contributed by atoms with Gasteiger partial charge in [-0.25, -0.2) is 9.97 Å². The molecule has 0 radical (unpaired) electrons. The van der Waals surface area contributed by atoms with Gasteiger partial charge in [0.05, 0.1) is 5.69 Å². The fourth-order valence-electron chi connectivity index (χ4n) is 2.18. The number of aromatic nitrogens is 2. The molecule has 4 heteroatoms. The topological polar surface area (TPSA) is 51.8 Å². The lowest BCUT2D eigenvalue weighted by Crippen LogP contribution is -2.15. The molecular formula is C12H19N3S. The third-order valence-electron chi connectivity index (χ3n) is 3.06. The van der Waals surface area contributed by atoms with Crippen LogP contribution < -0.4 is 5.73 Å². The first kappa shape index (κ1) is 11.9. The summed E-state index contributed by atoms with van der Waals surface area (Å²) in [4.78, 5) is 8.74. The Morgan fingerprint density at radius 2 is 2.38 bits per heavy atom. The van der Waals surface area contributed by atoms with E-state index in [1.807, 2.05) is 24.0 Å². The Labute approximate surface area is 101 Å². The zero-order chi connectivity index (χ0) is 11.4. The van der Waals surface area contributed by atoms with Gasteiger partial charge < -0.3 is 5.73 Å². The summed E-state index contributed by atoms with van der Waals surface area (Å²) in [5, 5.41) is 1.58. The molecule has 0 bridgehead atoms. The third kappa shape index (κ3) is 3.19.